The zero-order chi connectivity index (χ0) is 16.6. The molecular formula is C17H23FN4O. The number of hydrogen-bond donors (Lipinski definition) is 1. The molecule has 2 heterocycles. The number of nitrogens with two attached hydrogens (primary N) is 1. The molecule has 1 aliphatic rings. The Hall–Kier alpha value is -1.95. The molecule has 2 aromatic rings. The van der Waals surface area contributed by atoms with Gasteiger partial charge < -0.3 is 10.6 Å². The summed E-state index contributed by atoms with van der Waals surface area (Å²) in [6.45, 7) is 6.50. The minimum Gasteiger partial charge on any atom is -0.369 e. The van der Waals surface area contributed by atoms with Crippen LogP contribution in [0.1, 0.15) is 38.3 Å². The number of likely N-dealkylation sites (tertiary alicyclic amines) is 1. The summed E-state index contributed by atoms with van der Waals surface area (Å²) in [5.74, 6) is -0.834. The summed E-state index contributed by atoms with van der Waals surface area (Å²) in [7, 11) is 0. The molecular weight excluding hydrogens is 295 g/mol. The van der Waals surface area contributed by atoms with Crippen molar-refractivity contribution >= 4 is 16.8 Å². The molecule has 124 valence electrons. The second kappa shape index (κ2) is 6.28. The number of aromatic nitrogens is 2. The van der Waals surface area contributed by atoms with E-state index in [0.717, 1.165) is 31.3 Å². The van der Waals surface area contributed by atoms with Crippen LogP contribution in [0.25, 0.3) is 10.9 Å². The third kappa shape index (κ3) is 3.37. The van der Waals surface area contributed by atoms with E-state index in [1.807, 2.05) is 10.9 Å². The molecule has 0 bridgehead atoms. The van der Waals surface area contributed by atoms with E-state index in [4.69, 9.17) is 5.73 Å². The smallest absolute Gasteiger partial charge is 0.221 e. The van der Waals surface area contributed by atoms with Gasteiger partial charge in [-0.1, -0.05) is 0 Å². The number of primary amides is 1. The molecule has 0 spiro atoms. The molecule has 2 N–H and O–H groups in total. The van der Waals surface area contributed by atoms with Crippen molar-refractivity contribution in [1.29, 1.82) is 0 Å². The topological polar surface area (TPSA) is 64.2 Å². The Labute approximate surface area is 135 Å². The molecule has 0 atom stereocenters. The Morgan fingerprint density at radius 2 is 2.09 bits per heavy atom. The van der Waals surface area contributed by atoms with E-state index in [1.165, 1.54) is 12.1 Å². The van der Waals surface area contributed by atoms with Gasteiger partial charge in [-0.15, -0.1) is 0 Å². The highest BCUT2D eigenvalue weighted by Crippen LogP contribution is 2.27. The van der Waals surface area contributed by atoms with Crippen molar-refractivity contribution in [1.82, 2.24) is 14.7 Å². The molecule has 1 amide bonds. The van der Waals surface area contributed by atoms with E-state index in [-0.39, 0.29) is 12.2 Å². The molecule has 3 rings (SSSR count). The maximum absolute atomic E-state index is 13.7. The van der Waals surface area contributed by atoms with E-state index in [0.29, 0.717) is 23.2 Å². The number of halogens is 1. The van der Waals surface area contributed by atoms with E-state index in [1.54, 1.807) is 0 Å². The number of hydrogen-bond acceptors (Lipinski definition) is 3. The molecule has 0 unspecified atom stereocenters. The van der Waals surface area contributed by atoms with Crippen molar-refractivity contribution in [3.63, 3.8) is 0 Å². The molecule has 5 nitrogen and oxygen atoms in total. The third-order valence-corrected chi connectivity index (χ3v) is 4.64. The van der Waals surface area contributed by atoms with Gasteiger partial charge in [-0.05, 0) is 44.4 Å². The maximum Gasteiger partial charge on any atom is 0.221 e. The van der Waals surface area contributed by atoms with Crippen molar-refractivity contribution in [3.05, 3.63) is 29.7 Å². The van der Waals surface area contributed by atoms with Gasteiger partial charge in [-0.25, -0.2) is 4.39 Å². The first kappa shape index (κ1) is 15.9. The second-order valence-electron chi connectivity index (χ2n) is 6.62. The Morgan fingerprint density at radius 1 is 1.39 bits per heavy atom. The van der Waals surface area contributed by atoms with Crippen molar-refractivity contribution in [2.24, 2.45) is 5.73 Å². The number of piperidine rings is 1. The summed E-state index contributed by atoms with van der Waals surface area (Å²) in [6.07, 6.45) is 3.95. The van der Waals surface area contributed by atoms with Crippen LogP contribution in [0.5, 0.6) is 0 Å². The Morgan fingerprint density at radius 3 is 2.70 bits per heavy atom. The number of fused-ring (bicyclic) bond motifs is 1. The summed E-state index contributed by atoms with van der Waals surface area (Å²) < 4.78 is 15.7. The van der Waals surface area contributed by atoms with Crippen LogP contribution >= 0.6 is 0 Å². The molecule has 0 radical (unpaired) electrons. The Balaban J connectivity index is 1.87. The lowest BCUT2D eigenvalue weighted by molar-refractivity contribution is -0.117. The fourth-order valence-corrected chi connectivity index (χ4v) is 3.36. The van der Waals surface area contributed by atoms with Gasteiger partial charge in [0.2, 0.25) is 5.91 Å². The van der Waals surface area contributed by atoms with E-state index in [2.05, 4.69) is 23.8 Å². The van der Waals surface area contributed by atoms with Crippen LogP contribution in [0.4, 0.5) is 4.39 Å². The van der Waals surface area contributed by atoms with Gasteiger partial charge in [0.15, 0.2) is 0 Å². The number of nitrogens with zero attached hydrogens (tertiary/aromatic N) is 3. The average Bonchev–Trinajstić information content (AvgIpc) is 2.90. The van der Waals surface area contributed by atoms with Gasteiger partial charge in [0.1, 0.15) is 5.82 Å². The predicted octanol–water partition coefficient (Wildman–Crippen LogP) is 2.25. The average molecular weight is 318 g/mol. The van der Waals surface area contributed by atoms with E-state index < -0.39 is 5.91 Å². The number of carbonyl (C=O) groups is 1. The first-order chi connectivity index (χ1) is 10.9. The lowest BCUT2D eigenvalue weighted by Crippen LogP contribution is -2.39. The maximum atomic E-state index is 13.7. The quantitative estimate of drug-likeness (QED) is 0.940. The highest BCUT2D eigenvalue weighted by Gasteiger charge is 2.23. The molecule has 1 aromatic heterocycles. The van der Waals surface area contributed by atoms with Crippen LogP contribution in [-0.2, 0) is 11.2 Å². The van der Waals surface area contributed by atoms with Crippen LogP contribution in [-0.4, -0.2) is 39.7 Å². The molecule has 1 fully saturated rings. The van der Waals surface area contributed by atoms with Crippen LogP contribution in [0.2, 0.25) is 0 Å². The normalized spacial score (nSPS) is 17.2. The molecule has 6 heteroatoms. The van der Waals surface area contributed by atoms with Crippen LogP contribution in [0.15, 0.2) is 18.3 Å². The van der Waals surface area contributed by atoms with Crippen molar-refractivity contribution in [2.45, 2.75) is 45.2 Å². The Kier molecular flexibility index (Phi) is 4.35. The molecule has 0 aliphatic carbocycles. The largest absolute Gasteiger partial charge is 0.369 e. The number of benzene rings is 1. The lowest BCUT2D eigenvalue weighted by atomic mass is 10.0. The monoisotopic (exact) mass is 318 g/mol. The second-order valence-corrected chi connectivity index (χ2v) is 6.62. The number of rotatable bonds is 4. The Bertz CT molecular complexity index is 717. The van der Waals surface area contributed by atoms with Gasteiger partial charge in [0, 0.05) is 30.7 Å². The minimum absolute atomic E-state index is 0.0110. The first-order valence-electron chi connectivity index (χ1n) is 8.13. The van der Waals surface area contributed by atoms with E-state index in [9.17, 15) is 9.18 Å². The number of carbonyl (C=O) groups excluding carboxylic acids is 1. The van der Waals surface area contributed by atoms with Gasteiger partial charge in [0.25, 0.3) is 0 Å². The summed E-state index contributed by atoms with van der Waals surface area (Å²) in [4.78, 5) is 13.6. The van der Waals surface area contributed by atoms with Crippen molar-refractivity contribution < 1.29 is 9.18 Å². The standard InChI is InChI=1S/C17H23FN4O/c1-11(2)21-5-3-15(4-6-21)22-10-13-8-14(18)7-12(9-16(19)23)17(13)20-22/h7-8,10-11,15H,3-6,9H2,1-2H3,(H2,19,23). The summed E-state index contributed by atoms with van der Waals surface area (Å²) >= 11 is 0. The fourth-order valence-electron chi connectivity index (χ4n) is 3.36. The molecule has 23 heavy (non-hydrogen) atoms. The zero-order valence-electron chi connectivity index (χ0n) is 13.6. The van der Waals surface area contributed by atoms with Crippen LogP contribution in [0.3, 0.4) is 0 Å². The van der Waals surface area contributed by atoms with Gasteiger partial charge >= 0.3 is 0 Å². The SMILES string of the molecule is CC(C)N1CCC(n2cc3cc(F)cc(CC(N)=O)c3n2)CC1. The highest BCUT2D eigenvalue weighted by atomic mass is 19.1. The highest BCUT2D eigenvalue weighted by molar-refractivity contribution is 5.87. The summed E-state index contributed by atoms with van der Waals surface area (Å²) in [5.41, 5.74) is 6.50. The van der Waals surface area contributed by atoms with E-state index >= 15 is 0 Å². The molecule has 1 saturated heterocycles. The van der Waals surface area contributed by atoms with Crippen molar-refractivity contribution in [2.75, 3.05) is 13.1 Å². The van der Waals surface area contributed by atoms with Gasteiger partial charge in [0.05, 0.1) is 18.0 Å². The van der Waals surface area contributed by atoms with Crippen LogP contribution in [0, 0.1) is 5.82 Å². The number of amides is 1. The summed E-state index contributed by atoms with van der Waals surface area (Å²) in [5, 5.41) is 5.35. The lowest BCUT2D eigenvalue weighted by Gasteiger charge is -2.34. The molecule has 1 aliphatic heterocycles. The molecule has 0 saturated carbocycles. The molecule has 1 aromatic carbocycles. The van der Waals surface area contributed by atoms with Gasteiger partial charge in [-0.3, -0.25) is 9.48 Å². The third-order valence-electron chi connectivity index (χ3n) is 4.64. The predicted molar refractivity (Wildman–Crippen MR) is 87.6 cm³/mol. The fraction of sp³-hybridized carbons (Fsp3) is 0.529. The van der Waals surface area contributed by atoms with Crippen LogP contribution < -0.4 is 5.73 Å². The first-order valence-corrected chi connectivity index (χ1v) is 8.13. The van der Waals surface area contributed by atoms with Gasteiger partial charge in [-0.2, -0.15) is 5.10 Å². The summed E-state index contributed by atoms with van der Waals surface area (Å²) in [6, 6.07) is 3.70. The zero-order valence-corrected chi connectivity index (χ0v) is 13.6. The van der Waals surface area contributed by atoms with Crippen molar-refractivity contribution in [3.8, 4) is 0 Å². The minimum atomic E-state index is -0.475.